The normalized spacial score (nSPS) is 20.2. The fourth-order valence-electron chi connectivity index (χ4n) is 17.5. The van der Waals surface area contributed by atoms with Crippen LogP contribution in [-0.2, 0) is 54.3 Å². The number of nitrogens with one attached hydrogen (secondary N) is 4. The van der Waals surface area contributed by atoms with Gasteiger partial charge in [0.1, 0.15) is 36.6 Å². The molecule has 2 aliphatic rings. The Morgan fingerprint density at radius 1 is 0.268 bits per heavy atom. The number of aliphatic hydroxyl groups is 2. The summed E-state index contributed by atoms with van der Waals surface area (Å²) in [5.41, 5.74) is 9.09. The van der Waals surface area contributed by atoms with E-state index in [-0.39, 0.29) is 19.8 Å². The van der Waals surface area contributed by atoms with Crippen molar-refractivity contribution < 1.29 is 29.2 Å². The lowest BCUT2D eigenvalue weighted by Gasteiger charge is -2.54. The zero-order chi connectivity index (χ0) is 75.8. The summed E-state index contributed by atoms with van der Waals surface area (Å²) >= 11 is 0. The molecule has 10 atom stereocenters. The molecule has 1 heterocycles. The maximum atomic E-state index is 15.0. The average Bonchev–Trinajstić information content (AvgIpc) is 0.736. The third-order valence-corrected chi connectivity index (χ3v) is 22.7. The minimum Gasteiger partial charge on any atom is -0.388 e. The lowest BCUT2D eigenvalue weighted by molar-refractivity contribution is -0.304. The van der Waals surface area contributed by atoms with Crippen molar-refractivity contribution in [2.75, 3.05) is 6.54 Å². The first-order valence-corrected chi connectivity index (χ1v) is 39.1. The summed E-state index contributed by atoms with van der Waals surface area (Å²) in [5.74, 6) is 0. The Balaban J connectivity index is 0.934. The third-order valence-electron chi connectivity index (χ3n) is 22.7. The van der Waals surface area contributed by atoms with E-state index in [9.17, 15) is 10.2 Å². The van der Waals surface area contributed by atoms with Gasteiger partial charge in [-0.1, -0.05) is 425 Å². The standard InChI is InChI=1S/C102H94N4O6/c107-93-91(72-103-99(77-47-19-3-20-48-77,78-49-21-4-22-50-78)79-51-23-5-24-52-79)111-98(92(97(93)110-74-76-45-17-2-18-46-76)106-102(86-65-37-12-38-66-86,87-67-39-13-40-68-87)88-69-41-14-42-70-88)112-96-90(105-101(83-59-31-9-32-60-83,84-61-33-10-34-62-84)85-63-35-11-36-64-85)71-89(95(94(96)108)109-73-75-43-15-1-16-44-75)104-100(80-53-25-6-26-54-80,81-55-27-7-28-56-81)82-57-29-8-30-58-82/h1-70,89-98,103-108H,71-74H2/t89-,90+,91-,92-,93-,94-,95+,96-,97-,98-/m1/s1. The molecule has 0 aromatic heterocycles. The van der Waals surface area contributed by atoms with Gasteiger partial charge in [0.15, 0.2) is 6.29 Å². The minimum absolute atomic E-state index is 0.0716. The summed E-state index contributed by atoms with van der Waals surface area (Å²) < 4.78 is 31.6. The van der Waals surface area contributed by atoms with E-state index in [0.717, 1.165) is 77.9 Å². The second kappa shape index (κ2) is 34.9. The highest BCUT2D eigenvalue weighted by atomic mass is 16.7. The van der Waals surface area contributed by atoms with Gasteiger partial charge in [-0.2, -0.15) is 0 Å². The number of ether oxygens (including phenoxy) is 4. The molecule has 0 unspecified atom stereocenters. The second-order valence-corrected chi connectivity index (χ2v) is 29.3. The zero-order valence-electron chi connectivity index (χ0n) is 62.5. The Labute approximate surface area is 658 Å². The number of rotatable bonds is 29. The summed E-state index contributed by atoms with van der Waals surface area (Å²) in [6.07, 6.45) is -8.22. The maximum Gasteiger partial charge on any atom is 0.176 e. The van der Waals surface area contributed by atoms with Crippen LogP contribution < -0.4 is 21.3 Å². The summed E-state index contributed by atoms with van der Waals surface area (Å²) in [6, 6.07) is 144. The molecule has 1 aliphatic carbocycles. The van der Waals surface area contributed by atoms with Crippen molar-refractivity contribution in [3.63, 3.8) is 0 Å². The van der Waals surface area contributed by atoms with Gasteiger partial charge in [-0.05, 0) is 84.3 Å². The number of benzene rings is 14. The fraction of sp³-hybridized carbons (Fsp3) is 0.176. The fourth-order valence-corrected chi connectivity index (χ4v) is 17.5. The van der Waals surface area contributed by atoms with Crippen molar-refractivity contribution in [1.29, 1.82) is 0 Å². The van der Waals surface area contributed by atoms with Gasteiger partial charge in [0.2, 0.25) is 0 Å². The maximum absolute atomic E-state index is 15.0. The first-order chi connectivity index (χ1) is 55.3. The van der Waals surface area contributed by atoms with E-state index in [2.05, 4.69) is 361 Å². The van der Waals surface area contributed by atoms with Gasteiger partial charge in [0, 0.05) is 18.6 Å². The Kier molecular flexibility index (Phi) is 23.3. The average molecular weight is 1470 g/mol. The van der Waals surface area contributed by atoms with Crippen molar-refractivity contribution in [3.05, 3.63) is 503 Å². The van der Waals surface area contributed by atoms with Gasteiger partial charge in [-0.3, -0.25) is 21.3 Å². The molecule has 2 fully saturated rings. The van der Waals surface area contributed by atoms with Crippen molar-refractivity contribution in [3.8, 4) is 0 Å². The van der Waals surface area contributed by atoms with Gasteiger partial charge in [0.25, 0.3) is 0 Å². The predicted molar refractivity (Wildman–Crippen MR) is 446 cm³/mol. The molecule has 112 heavy (non-hydrogen) atoms. The van der Waals surface area contributed by atoms with E-state index in [4.69, 9.17) is 18.9 Å². The number of hydrogen-bond donors (Lipinski definition) is 6. The van der Waals surface area contributed by atoms with E-state index >= 15 is 0 Å². The van der Waals surface area contributed by atoms with Crippen molar-refractivity contribution in [2.45, 2.75) is 103 Å². The molecule has 1 aliphatic heterocycles. The summed E-state index contributed by atoms with van der Waals surface area (Å²) in [4.78, 5) is 0. The van der Waals surface area contributed by atoms with E-state index in [0.29, 0.717) is 6.42 Å². The quantitative estimate of drug-likeness (QED) is 0.0253. The first kappa shape index (κ1) is 74.8. The second-order valence-electron chi connectivity index (χ2n) is 29.3. The highest BCUT2D eigenvalue weighted by Gasteiger charge is 2.57. The van der Waals surface area contributed by atoms with Gasteiger partial charge in [-0.25, -0.2) is 0 Å². The van der Waals surface area contributed by atoms with Gasteiger partial charge in [-0.15, -0.1) is 0 Å². The molecule has 10 nitrogen and oxygen atoms in total. The lowest BCUT2D eigenvalue weighted by atomic mass is 9.72. The number of aliphatic hydroxyl groups excluding tert-OH is 2. The van der Waals surface area contributed by atoms with Gasteiger partial charge >= 0.3 is 0 Å². The molecule has 0 radical (unpaired) electrons. The monoisotopic (exact) mass is 1470 g/mol. The van der Waals surface area contributed by atoms with E-state index < -0.39 is 83.2 Å². The van der Waals surface area contributed by atoms with Crippen LogP contribution in [0.1, 0.15) is 84.3 Å². The third kappa shape index (κ3) is 15.3. The Morgan fingerprint density at radius 3 is 0.777 bits per heavy atom. The van der Waals surface area contributed by atoms with Crippen LogP contribution in [0.15, 0.2) is 425 Å². The van der Waals surface area contributed by atoms with Crippen LogP contribution >= 0.6 is 0 Å². The molecular formula is C102H94N4O6. The highest BCUT2D eigenvalue weighted by molar-refractivity contribution is 5.55. The molecule has 14 aromatic rings. The van der Waals surface area contributed by atoms with Crippen LogP contribution in [0, 0.1) is 0 Å². The Bertz CT molecular complexity index is 4760. The number of hydrogen-bond acceptors (Lipinski definition) is 10. The zero-order valence-corrected chi connectivity index (χ0v) is 62.5. The van der Waals surface area contributed by atoms with Crippen molar-refractivity contribution >= 4 is 0 Å². The largest absolute Gasteiger partial charge is 0.388 e. The predicted octanol–water partition coefficient (Wildman–Crippen LogP) is 17.8. The van der Waals surface area contributed by atoms with E-state index in [1.807, 2.05) is 84.9 Å². The molecule has 10 heteroatoms. The molecule has 1 saturated heterocycles. The Hall–Kier alpha value is -11.3. The van der Waals surface area contributed by atoms with Crippen molar-refractivity contribution in [2.24, 2.45) is 0 Å². The SMILES string of the molecule is O[C@@H]1[C@@H](OCc2ccccc2)[C@H](NC(c2ccccc2)(c2ccccc2)c2ccccc2)C[C@H](NC(c2ccccc2)(c2ccccc2)c2ccccc2)[C@H]1O[C@H]1O[C@H](CNC(c2ccccc2)(c2ccccc2)c2ccccc2)[C@@H](O)[C@H](OCc2ccccc2)[C@H]1NC(c1ccccc1)(c1ccccc1)c1ccccc1. The van der Waals surface area contributed by atoms with Gasteiger partial charge < -0.3 is 29.2 Å². The first-order valence-electron chi connectivity index (χ1n) is 39.1. The molecule has 6 N–H and O–H groups in total. The van der Waals surface area contributed by atoms with Crippen LogP contribution in [0.25, 0.3) is 0 Å². The topological polar surface area (TPSA) is 126 Å². The van der Waals surface area contributed by atoms with Crippen LogP contribution in [-0.4, -0.2) is 77.8 Å². The van der Waals surface area contributed by atoms with E-state index in [1.165, 1.54) is 0 Å². The van der Waals surface area contributed by atoms with Gasteiger partial charge in [0.05, 0.1) is 41.4 Å². The molecule has 0 amide bonds. The summed E-state index contributed by atoms with van der Waals surface area (Å²) in [5, 5.41) is 46.6. The van der Waals surface area contributed by atoms with Crippen LogP contribution in [0.3, 0.4) is 0 Å². The smallest absolute Gasteiger partial charge is 0.176 e. The molecule has 14 aromatic carbocycles. The summed E-state index contributed by atoms with van der Waals surface area (Å²) in [6.45, 7) is 0.341. The van der Waals surface area contributed by atoms with Crippen LogP contribution in [0.4, 0.5) is 0 Å². The molecule has 558 valence electrons. The molecule has 0 spiro atoms. The molecule has 0 bridgehead atoms. The summed E-state index contributed by atoms with van der Waals surface area (Å²) in [7, 11) is 0. The molecular weight excluding hydrogens is 1380 g/mol. The van der Waals surface area contributed by atoms with Crippen LogP contribution in [0.5, 0.6) is 0 Å². The molecule has 1 saturated carbocycles. The Morgan fingerprint density at radius 2 is 0.500 bits per heavy atom. The highest BCUT2D eigenvalue weighted by Crippen LogP contribution is 2.47. The van der Waals surface area contributed by atoms with Crippen LogP contribution in [0.2, 0.25) is 0 Å². The minimum atomic E-state index is -1.45. The van der Waals surface area contributed by atoms with E-state index in [1.54, 1.807) is 0 Å². The molecule has 16 rings (SSSR count). The lowest BCUT2D eigenvalue weighted by Crippen LogP contribution is -2.72. The van der Waals surface area contributed by atoms with Crippen molar-refractivity contribution in [1.82, 2.24) is 21.3 Å².